The fourth-order valence-corrected chi connectivity index (χ4v) is 3.35. The van der Waals surface area contributed by atoms with Crippen LogP contribution < -0.4 is 5.32 Å². The Kier molecular flexibility index (Phi) is 7.44. The Labute approximate surface area is 151 Å². The molecule has 138 valence electrons. The number of rotatable bonds is 7. The third kappa shape index (κ3) is 5.56. The fraction of sp³-hybridized carbons (Fsp3) is 0.600. The fourth-order valence-electron chi connectivity index (χ4n) is 3.35. The molecule has 2 amide bonds. The van der Waals surface area contributed by atoms with Crippen molar-refractivity contribution < 1.29 is 9.59 Å². The van der Waals surface area contributed by atoms with Gasteiger partial charge >= 0.3 is 0 Å². The molecule has 1 aliphatic rings. The van der Waals surface area contributed by atoms with E-state index in [-0.39, 0.29) is 23.9 Å². The molecular formula is C20H31N3O2. The predicted octanol–water partition coefficient (Wildman–Crippen LogP) is 2.59. The molecule has 1 aromatic rings. The van der Waals surface area contributed by atoms with E-state index in [0.29, 0.717) is 19.5 Å². The molecule has 0 aliphatic carbocycles. The number of likely N-dealkylation sites (tertiary alicyclic amines) is 1. The van der Waals surface area contributed by atoms with Gasteiger partial charge in [-0.15, -0.1) is 0 Å². The molecule has 1 unspecified atom stereocenters. The molecule has 2 rings (SSSR count). The van der Waals surface area contributed by atoms with Crippen molar-refractivity contribution >= 4 is 11.8 Å². The van der Waals surface area contributed by atoms with Gasteiger partial charge in [0.2, 0.25) is 11.8 Å². The number of carbonyl (C=O) groups is 2. The number of carbonyl (C=O) groups excluding carboxylic acids is 2. The summed E-state index contributed by atoms with van der Waals surface area (Å²) in [4.78, 5) is 28.8. The standard InChI is InChI=1S/C20H31N3O2/c1-4-5-11-18(24)21-17-12-14-23(15-13-17)20(25)19(22(2)3)16-9-7-6-8-10-16/h6-10,17,19H,4-5,11-15H2,1-3H3,(H,21,24). The lowest BCUT2D eigenvalue weighted by molar-refractivity contribution is -0.137. The van der Waals surface area contributed by atoms with Crippen LogP contribution in [0.5, 0.6) is 0 Å². The third-order valence-electron chi connectivity index (χ3n) is 4.79. The summed E-state index contributed by atoms with van der Waals surface area (Å²) in [6.45, 7) is 3.49. The second-order valence-electron chi connectivity index (χ2n) is 7.05. The van der Waals surface area contributed by atoms with E-state index in [2.05, 4.69) is 12.2 Å². The smallest absolute Gasteiger partial charge is 0.244 e. The number of hydrogen-bond acceptors (Lipinski definition) is 3. The number of nitrogens with one attached hydrogen (secondary N) is 1. The van der Waals surface area contributed by atoms with Crippen molar-refractivity contribution in [2.24, 2.45) is 0 Å². The van der Waals surface area contributed by atoms with E-state index in [1.54, 1.807) is 0 Å². The summed E-state index contributed by atoms with van der Waals surface area (Å²) in [5.74, 6) is 0.286. The Hall–Kier alpha value is -1.88. The molecule has 1 aliphatic heterocycles. The minimum absolute atomic E-state index is 0.141. The summed E-state index contributed by atoms with van der Waals surface area (Å²) >= 11 is 0. The van der Waals surface area contributed by atoms with Crippen LogP contribution in [0, 0.1) is 0 Å². The van der Waals surface area contributed by atoms with E-state index < -0.39 is 0 Å². The summed E-state index contributed by atoms with van der Waals surface area (Å²) < 4.78 is 0. The molecule has 1 heterocycles. The van der Waals surface area contributed by atoms with Crippen LogP contribution in [0.15, 0.2) is 30.3 Å². The number of likely N-dealkylation sites (N-methyl/N-ethyl adjacent to an activating group) is 1. The van der Waals surface area contributed by atoms with Gasteiger partial charge in [-0.25, -0.2) is 0 Å². The average molecular weight is 345 g/mol. The number of hydrogen-bond donors (Lipinski definition) is 1. The molecule has 1 atom stereocenters. The third-order valence-corrected chi connectivity index (χ3v) is 4.79. The minimum Gasteiger partial charge on any atom is -0.353 e. The van der Waals surface area contributed by atoms with Gasteiger partial charge in [0.25, 0.3) is 0 Å². The lowest BCUT2D eigenvalue weighted by Crippen LogP contribution is -2.49. The van der Waals surface area contributed by atoms with Crippen molar-refractivity contribution in [2.45, 2.75) is 51.1 Å². The van der Waals surface area contributed by atoms with Gasteiger partial charge in [0.05, 0.1) is 0 Å². The summed E-state index contributed by atoms with van der Waals surface area (Å²) in [6.07, 6.45) is 4.24. The monoisotopic (exact) mass is 345 g/mol. The maximum atomic E-state index is 13.0. The first-order chi connectivity index (χ1) is 12.0. The van der Waals surface area contributed by atoms with E-state index in [9.17, 15) is 9.59 Å². The van der Waals surface area contributed by atoms with Gasteiger partial charge < -0.3 is 10.2 Å². The van der Waals surface area contributed by atoms with Gasteiger partial charge in [-0.05, 0) is 38.9 Å². The highest BCUT2D eigenvalue weighted by molar-refractivity contribution is 5.83. The Morgan fingerprint density at radius 1 is 1.20 bits per heavy atom. The van der Waals surface area contributed by atoms with E-state index in [0.717, 1.165) is 31.2 Å². The van der Waals surface area contributed by atoms with Crippen molar-refractivity contribution in [3.63, 3.8) is 0 Å². The van der Waals surface area contributed by atoms with Crippen LogP contribution in [0.25, 0.3) is 0 Å². The first-order valence-electron chi connectivity index (χ1n) is 9.32. The molecule has 25 heavy (non-hydrogen) atoms. The number of nitrogens with zero attached hydrogens (tertiary/aromatic N) is 2. The second kappa shape index (κ2) is 9.56. The topological polar surface area (TPSA) is 52.7 Å². The zero-order valence-electron chi connectivity index (χ0n) is 15.7. The summed E-state index contributed by atoms with van der Waals surface area (Å²) in [5, 5.41) is 3.11. The van der Waals surface area contributed by atoms with Gasteiger partial charge in [-0.1, -0.05) is 43.7 Å². The van der Waals surface area contributed by atoms with Gasteiger partial charge in [0.15, 0.2) is 0 Å². The first-order valence-corrected chi connectivity index (χ1v) is 9.32. The van der Waals surface area contributed by atoms with Crippen LogP contribution in [-0.4, -0.2) is 54.8 Å². The van der Waals surface area contributed by atoms with E-state index in [1.807, 2.05) is 54.2 Å². The highest BCUT2D eigenvalue weighted by atomic mass is 16.2. The quantitative estimate of drug-likeness (QED) is 0.826. The van der Waals surface area contributed by atoms with Crippen LogP contribution in [0.2, 0.25) is 0 Å². The van der Waals surface area contributed by atoms with Crippen molar-refractivity contribution in [3.05, 3.63) is 35.9 Å². The molecule has 1 aromatic carbocycles. The van der Waals surface area contributed by atoms with Crippen LogP contribution in [0.4, 0.5) is 0 Å². The Morgan fingerprint density at radius 2 is 1.84 bits per heavy atom. The molecule has 0 radical (unpaired) electrons. The molecule has 0 aromatic heterocycles. The van der Waals surface area contributed by atoms with Gasteiger partial charge in [-0.3, -0.25) is 14.5 Å². The zero-order valence-corrected chi connectivity index (χ0v) is 15.7. The van der Waals surface area contributed by atoms with Crippen molar-refractivity contribution in [2.75, 3.05) is 27.2 Å². The second-order valence-corrected chi connectivity index (χ2v) is 7.05. The highest BCUT2D eigenvalue weighted by Crippen LogP contribution is 2.23. The Balaban J connectivity index is 1.90. The number of unbranched alkanes of at least 4 members (excludes halogenated alkanes) is 1. The van der Waals surface area contributed by atoms with E-state index in [4.69, 9.17) is 0 Å². The summed E-state index contributed by atoms with van der Waals surface area (Å²) in [5.41, 5.74) is 1.02. The molecule has 5 heteroatoms. The Bertz CT molecular complexity index is 551. The molecule has 0 bridgehead atoms. The molecule has 1 N–H and O–H groups in total. The SMILES string of the molecule is CCCCC(=O)NC1CCN(C(=O)C(c2ccccc2)N(C)C)CC1. The van der Waals surface area contributed by atoms with Crippen molar-refractivity contribution in [1.29, 1.82) is 0 Å². The minimum atomic E-state index is -0.253. The van der Waals surface area contributed by atoms with Crippen LogP contribution in [-0.2, 0) is 9.59 Å². The molecule has 0 saturated carbocycles. The molecule has 0 spiro atoms. The maximum absolute atomic E-state index is 13.0. The summed E-state index contributed by atoms with van der Waals surface area (Å²) in [6, 6.07) is 9.86. The normalized spacial score (nSPS) is 16.7. The van der Waals surface area contributed by atoms with Gasteiger partial charge in [0, 0.05) is 25.6 Å². The molecular weight excluding hydrogens is 314 g/mol. The molecule has 5 nitrogen and oxygen atoms in total. The molecule has 1 fully saturated rings. The zero-order chi connectivity index (χ0) is 18.2. The molecule has 1 saturated heterocycles. The van der Waals surface area contributed by atoms with Crippen LogP contribution in [0.3, 0.4) is 0 Å². The number of amides is 2. The Morgan fingerprint density at radius 3 is 2.40 bits per heavy atom. The van der Waals surface area contributed by atoms with Crippen LogP contribution in [0.1, 0.15) is 50.6 Å². The average Bonchev–Trinajstić information content (AvgIpc) is 2.61. The first kappa shape index (κ1) is 19.4. The number of piperidine rings is 1. The lowest BCUT2D eigenvalue weighted by Gasteiger charge is -2.36. The van der Waals surface area contributed by atoms with E-state index >= 15 is 0 Å². The van der Waals surface area contributed by atoms with Gasteiger partial charge in [-0.2, -0.15) is 0 Å². The lowest BCUT2D eigenvalue weighted by atomic mass is 10.0. The van der Waals surface area contributed by atoms with Crippen molar-refractivity contribution in [3.8, 4) is 0 Å². The highest BCUT2D eigenvalue weighted by Gasteiger charge is 2.30. The largest absolute Gasteiger partial charge is 0.353 e. The number of benzene rings is 1. The maximum Gasteiger partial charge on any atom is 0.244 e. The van der Waals surface area contributed by atoms with Crippen molar-refractivity contribution in [1.82, 2.24) is 15.1 Å². The van der Waals surface area contributed by atoms with E-state index in [1.165, 1.54) is 0 Å². The predicted molar refractivity (Wildman–Crippen MR) is 100 cm³/mol. The van der Waals surface area contributed by atoms with Crippen LogP contribution >= 0.6 is 0 Å². The van der Waals surface area contributed by atoms with Gasteiger partial charge in [0.1, 0.15) is 6.04 Å². The summed E-state index contributed by atoms with van der Waals surface area (Å²) in [7, 11) is 3.88.